The molecule has 0 bridgehead atoms. The molecule has 0 aliphatic carbocycles. The highest BCUT2D eigenvalue weighted by molar-refractivity contribution is 5.27. The quantitative estimate of drug-likeness (QED) is 0.804. The van der Waals surface area contributed by atoms with Gasteiger partial charge in [-0.15, -0.1) is 0 Å². The second kappa shape index (κ2) is 4.80. The maximum Gasteiger partial charge on any atom is 0.0515 e. The fraction of sp³-hybridized carbons (Fsp3) is 0.571. The molecule has 1 aromatic rings. The smallest absolute Gasteiger partial charge is 0.0515 e. The Bertz CT molecular complexity index is 290. The minimum Gasteiger partial charge on any atom is -0.393 e. The van der Waals surface area contributed by atoms with Crippen molar-refractivity contribution in [2.24, 2.45) is 0 Å². The molecule has 0 spiro atoms. The van der Waals surface area contributed by atoms with Crippen LogP contribution < -0.4 is 0 Å². The van der Waals surface area contributed by atoms with E-state index in [4.69, 9.17) is 0 Å². The van der Waals surface area contributed by atoms with Gasteiger partial charge in [0.1, 0.15) is 0 Å². The predicted octanol–water partition coefficient (Wildman–Crippen LogP) is 3.30. The lowest BCUT2D eigenvalue weighted by molar-refractivity contribution is 0.185. The van der Waals surface area contributed by atoms with Gasteiger partial charge in [0.25, 0.3) is 0 Å². The Morgan fingerprint density at radius 2 is 1.67 bits per heavy atom. The second-order valence-corrected chi connectivity index (χ2v) is 5.33. The number of aliphatic hydroxyl groups is 1. The normalized spacial score (nSPS) is 13.9. The number of aliphatic hydroxyl groups excluding tert-OH is 1. The van der Waals surface area contributed by atoms with Crippen molar-refractivity contribution in [2.45, 2.75) is 52.1 Å². The molecule has 84 valence electrons. The SMILES string of the molecule is C[C@@H](O)CCc1ccc(C(C)(C)C)cc1. The van der Waals surface area contributed by atoms with E-state index < -0.39 is 0 Å². The first-order valence-corrected chi connectivity index (χ1v) is 5.67. The topological polar surface area (TPSA) is 20.2 Å². The first kappa shape index (κ1) is 12.3. The summed E-state index contributed by atoms with van der Waals surface area (Å²) in [5.41, 5.74) is 2.90. The van der Waals surface area contributed by atoms with Crippen LogP contribution in [0.4, 0.5) is 0 Å². The van der Waals surface area contributed by atoms with Gasteiger partial charge in [0.05, 0.1) is 6.10 Å². The summed E-state index contributed by atoms with van der Waals surface area (Å²) in [6, 6.07) is 8.72. The van der Waals surface area contributed by atoms with Crippen LogP contribution in [0.1, 0.15) is 45.2 Å². The number of aryl methyl sites for hydroxylation is 1. The van der Waals surface area contributed by atoms with Crippen molar-refractivity contribution in [3.05, 3.63) is 35.4 Å². The van der Waals surface area contributed by atoms with E-state index in [1.165, 1.54) is 11.1 Å². The zero-order valence-corrected chi connectivity index (χ0v) is 10.2. The molecule has 1 atom stereocenters. The molecule has 0 amide bonds. The first-order chi connectivity index (χ1) is 6.89. The molecule has 1 aromatic carbocycles. The van der Waals surface area contributed by atoms with E-state index in [2.05, 4.69) is 45.0 Å². The maximum absolute atomic E-state index is 9.20. The highest BCUT2D eigenvalue weighted by Gasteiger charge is 2.12. The molecule has 0 radical (unpaired) electrons. The summed E-state index contributed by atoms with van der Waals surface area (Å²) >= 11 is 0. The molecule has 0 unspecified atom stereocenters. The third-order valence-corrected chi connectivity index (χ3v) is 2.67. The Morgan fingerprint density at radius 3 is 2.07 bits per heavy atom. The van der Waals surface area contributed by atoms with Crippen LogP contribution in [0.5, 0.6) is 0 Å². The summed E-state index contributed by atoms with van der Waals surface area (Å²) in [6.07, 6.45) is 1.60. The molecule has 0 aromatic heterocycles. The van der Waals surface area contributed by atoms with Gasteiger partial charge >= 0.3 is 0 Å². The summed E-state index contributed by atoms with van der Waals surface area (Å²) in [5, 5.41) is 9.20. The zero-order chi connectivity index (χ0) is 11.5. The molecular formula is C14H22O. The van der Waals surface area contributed by atoms with Crippen molar-refractivity contribution in [1.29, 1.82) is 0 Å². The Balaban J connectivity index is 2.65. The third kappa shape index (κ3) is 4.05. The minimum absolute atomic E-state index is 0.202. The molecule has 1 rings (SSSR count). The van der Waals surface area contributed by atoms with Gasteiger partial charge in [-0.2, -0.15) is 0 Å². The maximum atomic E-state index is 9.20. The van der Waals surface area contributed by atoms with E-state index in [9.17, 15) is 5.11 Å². The minimum atomic E-state index is -0.202. The lowest BCUT2D eigenvalue weighted by Gasteiger charge is -2.19. The molecule has 15 heavy (non-hydrogen) atoms. The van der Waals surface area contributed by atoms with E-state index in [-0.39, 0.29) is 11.5 Å². The zero-order valence-electron chi connectivity index (χ0n) is 10.2. The van der Waals surface area contributed by atoms with Gasteiger partial charge in [0, 0.05) is 0 Å². The van der Waals surface area contributed by atoms with Crippen LogP contribution in [0.2, 0.25) is 0 Å². The fourth-order valence-electron chi connectivity index (χ4n) is 1.55. The van der Waals surface area contributed by atoms with Gasteiger partial charge in [-0.05, 0) is 36.3 Å². The van der Waals surface area contributed by atoms with Crippen LogP contribution in [0.15, 0.2) is 24.3 Å². The van der Waals surface area contributed by atoms with E-state index in [1.807, 2.05) is 6.92 Å². The van der Waals surface area contributed by atoms with Crippen molar-refractivity contribution in [3.8, 4) is 0 Å². The molecule has 1 N–H and O–H groups in total. The number of benzene rings is 1. The molecule has 1 heteroatoms. The van der Waals surface area contributed by atoms with Crippen molar-refractivity contribution in [3.63, 3.8) is 0 Å². The van der Waals surface area contributed by atoms with Crippen molar-refractivity contribution >= 4 is 0 Å². The summed E-state index contributed by atoms with van der Waals surface area (Å²) in [5.74, 6) is 0. The molecule has 1 nitrogen and oxygen atoms in total. The van der Waals surface area contributed by atoms with E-state index in [0.717, 1.165) is 12.8 Å². The standard InChI is InChI=1S/C14H22O/c1-11(15)5-6-12-7-9-13(10-8-12)14(2,3)4/h7-11,15H,5-6H2,1-4H3/t11-/m1/s1. The van der Waals surface area contributed by atoms with Gasteiger partial charge < -0.3 is 5.11 Å². The van der Waals surface area contributed by atoms with Crippen molar-refractivity contribution in [2.75, 3.05) is 0 Å². The number of hydrogen-bond donors (Lipinski definition) is 1. The van der Waals surface area contributed by atoms with Gasteiger partial charge in [-0.3, -0.25) is 0 Å². The first-order valence-electron chi connectivity index (χ1n) is 5.67. The summed E-state index contributed by atoms with van der Waals surface area (Å²) in [7, 11) is 0. The van der Waals surface area contributed by atoms with Crippen LogP contribution in [-0.2, 0) is 11.8 Å². The van der Waals surface area contributed by atoms with Gasteiger partial charge in [0.2, 0.25) is 0 Å². The summed E-state index contributed by atoms with van der Waals surface area (Å²) < 4.78 is 0. The van der Waals surface area contributed by atoms with Crippen LogP contribution >= 0.6 is 0 Å². The van der Waals surface area contributed by atoms with Crippen LogP contribution in [0, 0.1) is 0 Å². The Morgan fingerprint density at radius 1 is 1.13 bits per heavy atom. The lowest BCUT2D eigenvalue weighted by Crippen LogP contribution is -2.10. The predicted molar refractivity (Wildman–Crippen MR) is 65.1 cm³/mol. The average molecular weight is 206 g/mol. The Hall–Kier alpha value is -0.820. The molecule has 0 heterocycles. The van der Waals surface area contributed by atoms with Gasteiger partial charge in [0.15, 0.2) is 0 Å². The largest absolute Gasteiger partial charge is 0.393 e. The van der Waals surface area contributed by atoms with Gasteiger partial charge in [-0.25, -0.2) is 0 Å². The van der Waals surface area contributed by atoms with Crippen LogP contribution in [0.3, 0.4) is 0 Å². The van der Waals surface area contributed by atoms with E-state index >= 15 is 0 Å². The van der Waals surface area contributed by atoms with Crippen molar-refractivity contribution in [1.82, 2.24) is 0 Å². The Labute approximate surface area is 93.1 Å². The van der Waals surface area contributed by atoms with E-state index in [0.29, 0.717) is 0 Å². The second-order valence-electron chi connectivity index (χ2n) is 5.33. The van der Waals surface area contributed by atoms with E-state index in [1.54, 1.807) is 0 Å². The highest BCUT2D eigenvalue weighted by Crippen LogP contribution is 2.22. The third-order valence-electron chi connectivity index (χ3n) is 2.67. The molecule has 0 saturated carbocycles. The van der Waals surface area contributed by atoms with Crippen molar-refractivity contribution < 1.29 is 5.11 Å². The monoisotopic (exact) mass is 206 g/mol. The number of rotatable bonds is 3. The van der Waals surface area contributed by atoms with Crippen LogP contribution in [-0.4, -0.2) is 11.2 Å². The molecule has 0 aliphatic heterocycles. The lowest BCUT2D eigenvalue weighted by atomic mass is 9.86. The molecule has 0 saturated heterocycles. The molecular weight excluding hydrogens is 184 g/mol. The average Bonchev–Trinajstić information content (AvgIpc) is 2.14. The fourth-order valence-corrected chi connectivity index (χ4v) is 1.55. The number of hydrogen-bond acceptors (Lipinski definition) is 1. The molecule has 0 aliphatic rings. The van der Waals surface area contributed by atoms with Gasteiger partial charge in [-0.1, -0.05) is 45.0 Å². The molecule has 0 fully saturated rings. The Kier molecular flexibility index (Phi) is 3.92. The summed E-state index contributed by atoms with van der Waals surface area (Å²) in [6.45, 7) is 8.50. The summed E-state index contributed by atoms with van der Waals surface area (Å²) in [4.78, 5) is 0. The van der Waals surface area contributed by atoms with Crippen LogP contribution in [0.25, 0.3) is 0 Å². The highest BCUT2D eigenvalue weighted by atomic mass is 16.3.